The number of halogens is 2. The Hall–Kier alpha value is -4.41. The first-order chi connectivity index (χ1) is 22.1. The molecule has 0 aliphatic heterocycles. The van der Waals surface area contributed by atoms with Crippen LogP contribution in [-0.4, -0.2) is 50.9 Å². The number of hydrogen-bond donors (Lipinski definition) is 1. The molecule has 0 unspecified atom stereocenters. The zero-order valence-corrected chi connectivity index (χ0v) is 27.3. The van der Waals surface area contributed by atoms with E-state index in [9.17, 15) is 22.4 Å². The Bertz CT molecular complexity index is 1690. The molecule has 0 spiro atoms. The molecule has 46 heavy (non-hydrogen) atoms. The molecule has 0 fully saturated rings. The van der Waals surface area contributed by atoms with E-state index in [0.717, 1.165) is 9.87 Å². The van der Waals surface area contributed by atoms with Gasteiger partial charge in [-0.1, -0.05) is 61.0 Å². The lowest BCUT2D eigenvalue weighted by Crippen LogP contribution is -2.53. The molecule has 0 saturated heterocycles. The molecular formula is C35H37ClFN3O5S. The minimum atomic E-state index is -4.29. The first-order valence-electron chi connectivity index (χ1n) is 15.0. The summed E-state index contributed by atoms with van der Waals surface area (Å²) >= 11 is 6.04. The van der Waals surface area contributed by atoms with Crippen LogP contribution in [0.5, 0.6) is 5.75 Å². The fourth-order valence-electron chi connectivity index (χ4n) is 4.84. The van der Waals surface area contributed by atoms with E-state index < -0.39 is 34.3 Å². The lowest BCUT2D eigenvalue weighted by atomic mass is 10.0. The van der Waals surface area contributed by atoms with Crippen LogP contribution in [0.3, 0.4) is 0 Å². The van der Waals surface area contributed by atoms with E-state index in [0.29, 0.717) is 35.9 Å². The van der Waals surface area contributed by atoms with Crippen LogP contribution in [0.25, 0.3) is 0 Å². The molecule has 0 aromatic heterocycles. The highest BCUT2D eigenvalue weighted by molar-refractivity contribution is 7.92. The van der Waals surface area contributed by atoms with Crippen LogP contribution in [-0.2, 0) is 32.6 Å². The molecule has 242 valence electrons. The highest BCUT2D eigenvalue weighted by Crippen LogP contribution is 2.28. The summed E-state index contributed by atoms with van der Waals surface area (Å²) in [4.78, 5) is 29.4. The summed E-state index contributed by atoms with van der Waals surface area (Å²) in [5.74, 6) is -0.911. The van der Waals surface area contributed by atoms with Gasteiger partial charge in [0.1, 0.15) is 24.2 Å². The number of carbonyl (C=O) groups excluding carboxylic acids is 2. The molecular weight excluding hydrogens is 629 g/mol. The highest BCUT2D eigenvalue weighted by atomic mass is 35.5. The van der Waals surface area contributed by atoms with Gasteiger partial charge < -0.3 is 15.0 Å². The number of rotatable bonds is 15. The van der Waals surface area contributed by atoms with Gasteiger partial charge in [-0.15, -0.1) is 0 Å². The zero-order chi connectivity index (χ0) is 33.1. The maximum absolute atomic E-state index is 14.4. The van der Waals surface area contributed by atoms with E-state index in [4.69, 9.17) is 16.3 Å². The Kier molecular flexibility index (Phi) is 12.2. The second-order valence-corrected chi connectivity index (χ2v) is 12.8. The average molecular weight is 666 g/mol. The molecule has 0 aliphatic carbocycles. The maximum Gasteiger partial charge on any atom is 0.264 e. The summed E-state index contributed by atoms with van der Waals surface area (Å²) in [6.45, 7) is 3.89. The molecule has 0 saturated carbocycles. The van der Waals surface area contributed by atoms with Gasteiger partial charge in [-0.05, 0) is 85.1 Å². The van der Waals surface area contributed by atoms with Gasteiger partial charge in [0, 0.05) is 24.5 Å². The fourth-order valence-corrected chi connectivity index (χ4v) is 6.38. The van der Waals surface area contributed by atoms with Gasteiger partial charge in [-0.2, -0.15) is 0 Å². The smallest absolute Gasteiger partial charge is 0.264 e. The molecule has 4 aromatic rings. The molecule has 11 heteroatoms. The standard InChI is InChI=1S/C35H37ClFN3O5S/c1-3-22-38-35(42)33(23-26-8-6-5-7-9-26)39(24-27-10-14-29(37)15-11-27)34(41)25-40(30-16-18-31(19-17-30)45-4-2)46(43,44)32-20-12-28(36)13-21-32/h5-21,33H,3-4,22-25H2,1-2H3,(H,38,42)/t33-/m1/s1. The lowest BCUT2D eigenvalue weighted by Gasteiger charge is -2.34. The van der Waals surface area contributed by atoms with Crippen molar-refractivity contribution in [2.75, 3.05) is 24.0 Å². The molecule has 2 amide bonds. The van der Waals surface area contributed by atoms with Crippen LogP contribution in [0.4, 0.5) is 10.1 Å². The van der Waals surface area contributed by atoms with E-state index in [1.807, 2.05) is 44.2 Å². The molecule has 0 heterocycles. The van der Waals surface area contributed by atoms with Crippen molar-refractivity contribution in [2.45, 2.75) is 44.2 Å². The molecule has 0 radical (unpaired) electrons. The predicted octanol–water partition coefficient (Wildman–Crippen LogP) is 6.24. The van der Waals surface area contributed by atoms with E-state index >= 15 is 0 Å². The Labute approximate surface area is 274 Å². The summed E-state index contributed by atoms with van der Waals surface area (Å²) in [5, 5.41) is 3.25. The van der Waals surface area contributed by atoms with E-state index in [1.54, 1.807) is 24.3 Å². The molecule has 0 bridgehead atoms. The Morgan fingerprint density at radius 1 is 0.870 bits per heavy atom. The van der Waals surface area contributed by atoms with Crippen LogP contribution in [0.15, 0.2) is 108 Å². The largest absolute Gasteiger partial charge is 0.494 e. The average Bonchev–Trinajstić information content (AvgIpc) is 3.06. The number of hydrogen-bond acceptors (Lipinski definition) is 5. The summed E-state index contributed by atoms with van der Waals surface area (Å²) < 4.78 is 48.6. The number of sulfonamides is 1. The third kappa shape index (κ3) is 9.08. The van der Waals surface area contributed by atoms with Crippen molar-refractivity contribution in [1.29, 1.82) is 0 Å². The maximum atomic E-state index is 14.4. The number of nitrogens with zero attached hydrogens (tertiary/aromatic N) is 2. The topological polar surface area (TPSA) is 96.0 Å². The minimum Gasteiger partial charge on any atom is -0.494 e. The van der Waals surface area contributed by atoms with E-state index in [1.165, 1.54) is 53.4 Å². The second kappa shape index (κ2) is 16.2. The molecule has 4 aromatic carbocycles. The number of nitrogens with one attached hydrogen (secondary N) is 1. The Balaban J connectivity index is 1.79. The molecule has 4 rings (SSSR count). The van der Waals surface area contributed by atoms with Gasteiger partial charge in [-0.3, -0.25) is 13.9 Å². The van der Waals surface area contributed by atoms with E-state index in [-0.39, 0.29) is 29.5 Å². The summed E-state index contributed by atoms with van der Waals surface area (Å²) in [6.07, 6.45) is 0.858. The Morgan fingerprint density at radius 3 is 2.13 bits per heavy atom. The van der Waals surface area contributed by atoms with Crippen molar-refractivity contribution in [1.82, 2.24) is 10.2 Å². The zero-order valence-electron chi connectivity index (χ0n) is 25.7. The number of ether oxygens (including phenoxy) is 1. The van der Waals surface area contributed by atoms with Gasteiger partial charge in [0.05, 0.1) is 17.2 Å². The number of amides is 2. The minimum absolute atomic E-state index is 0.0612. The van der Waals surface area contributed by atoms with Gasteiger partial charge in [0.25, 0.3) is 10.0 Å². The first kappa shape index (κ1) is 34.5. The molecule has 8 nitrogen and oxygen atoms in total. The molecule has 1 atom stereocenters. The van der Waals surface area contributed by atoms with E-state index in [2.05, 4.69) is 5.32 Å². The SMILES string of the molecule is CCCNC(=O)[C@@H](Cc1ccccc1)N(Cc1ccc(F)cc1)C(=O)CN(c1ccc(OCC)cc1)S(=O)(=O)c1ccc(Cl)cc1. The summed E-state index contributed by atoms with van der Waals surface area (Å²) in [5.41, 5.74) is 1.61. The highest BCUT2D eigenvalue weighted by Gasteiger charge is 2.34. The fraction of sp³-hybridized carbons (Fsp3) is 0.257. The van der Waals surface area contributed by atoms with Crippen LogP contribution < -0.4 is 14.4 Å². The van der Waals surface area contributed by atoms with Crippen molar-refractivity contribution in [3.63, 3.8) is 0 Å². The van der Waals surface area contributed by atoms with Crippen molar-refractivity contribution >= 4 is 39.1 Å². The third-order valence-corrected chi connectivity index (χ3v) is 9.24. The van der Waals surface area contributed by atoms with Crippen molar-refractivity contribution < 1.29 is 27.1 Å². The van der Waals surface area contributed by atoms with Gasteiger partial charge in [-0.25, -0.2) is 12.8 Å². The normalized spacial score (nSPS) is 11.8. The summed E-state index contributed by atoms with van der Waals surface area (Å²) in [7, 11) is -4.29. The quantitative estimate of drug-likeness (QED) is 0.162. The summed E-state index contributed by atoms with van der Waals surface area (Å²) in [6, 6.07) is 25.9. The first-order valence-corrected chi connectivity index (χ1v) is 16.8. The number of anilines is 1. The van der Waals surface area contributed by atoms with Crippen LogP contribution >= 0.6 is 11.6 Å². The molecule has 1 N–H and O–H groups in total. The molecule has 0 aliphatic rings. The van der Waals surface area contributed by atoms with Crippen LogP contribution in [0.1, 0.15) is 31.4 Å². The van der Waals surface area contributed by atoms with Crippen LogP contribution in [0.2, 0.25) is 5.02 Å². The van der Waals surface area contributed by atoms with Crippen molar-refractivity contribution in [2.24, 2.45) is 0 Å². The second-order valence-electron chi connectivity index (χ2n) is 10.5. The third-order valence-electron chi connectivity index (χ3n) is 7.20. The van der Waals surface area contributed by atoms with Crippen molar-refractivity contribution in [3.05, 3.63) is 125 Å². The Morgan fingerprint density at radius 2 is 1.52 bits per heavy atom. The van der Waals surface area contributed by atoms with Gasteiger partial charge >= 0.3 is 0 Å². The lowest BCUT2D eigenvalue weighted by molar-refractivity contribution is -0.140. The van der Waals surface area contributed by atoms with Gasteiger partial charge in [0.2, 0.25) is 11.8 Å². The van der Waals surface area contributed by atoms with Crippen LogP contribution in [0, 0.1) is 5.82 Å². The monoisotopic (exact) mass is 665 g/mol. The predicted molar refractivity (Wildman–Crippen MR) is 178 cm³/mol. The number of benzene rings is 4. The van der Waals surface area contributed by atoms with Crippen molar-refractivity contribution in [3.8, 4) is 5.75 Å². The number of carbonyl (C=O) groups is 2. The van der Waals surface area contributed by atoms with Gasteiger partial charge in [0.15, 0.2) is 0 Å².